The number of hydrogen-bond donors (Lipinski definition) is 3. The van der Waals surface area contributed by atoms with Crippen LogP contribution in [0.3, 0.4) is 0 Å². The molecular formula is C24H23ClN2O6. The highest BCUT2D eigenvalue weighted by Gasteiger charge is 2.42. The van der Waals surface area contributed by atoms with E-state index in [-0.39, 0.29) is 28.6 Å². The second kappa shape index (κ2) is 11.3. The topological polar surface area (TPSA) is 117 Å². The molecule has 0 fully saturated rings. The van der Waals surface area contributed by atoms with Crippen molar-refractivity contribution in [2.45, 2.75) is 19.4 Å². The smallest absolute Gasteiger partial charge is 0.334 e. The third kappa shape index (κ3) is 6.00. The average Bonchev–Trinajstić information content (AvgIpc) is 2.78. The van der Waals surface area contributed by atoms with Gasteiger partial charge in [-0.25, -0.2) is 4.79 Å². The average molecular weight is 471 g/mol. The van der Waals surface area contributed by atoms with Crippen molar-refractivity contribution in [1.29, 1.82) is 0 Å². The number of hydroxylamine groups is 1. The number of rotatable bonds is 10. The molecule has 0 bridgehead atoms. The first-order chi connectivity index (χ1) is 15.9. The SMILES string of the molecule is CC1=NC(COC=CNOCc2ccccc2)=C(C(=O)O)C(c2ccccc2Cl)C1C(=O)O. The molecule has 0 aliphatic carbocycles. The molecule has 33 heavy (non-hydrogen) atoms. The minimum atomic E-state index is -1.28. The first-order valence-electron chi connectivity index (χ1n) is 10.1. The van der Waals surface area contributed by atoms with Gasteiger partial charge in [0.15, 0.2) is 0 Å². The fraction of sp³-hybridized carbons (Fsp3) is 0.208. The zero-order chi connectivity index (χ0) is 23.8. The molecule has 3 N–H and O–H groups in total. The summed E-state index contributed by atoms with van der Waals surface area (Å²) in [5.74, 6) is -4.64. The molecule has 2 unspecified atom stereocenters. The van der Waals surface area contributed by atoms with Gasteiger partial charge in [-0.2, -0.15) is 0 Å². The highest BCUT2D eigenvalue weighted by atomic mass is 35.5. The van der Waals surface area contributed by atoms with E-state index < -0.39 is 23.8 Å². The second-order valence-corrected chi connectivity index (χ2v) is 7.65. The molecule has 3 rings (SSSR count). The van der Waals surface area contributed by atoms with Gasteiger partial charge < -0.3 is 14.9 Å². The van der Waals surface area contributed by atoms with Gasteiger partial charge in [-0.05, 0) is 24.1 Å². The van der Waals surface area contributed by atoms with Crippen LogP contribution in [0.15, 0.2) is 83.3 Å². The monoisotopic (exact) mass is 470 g/mol. The fourth-order valence-electron chi connectivity index (χ4n) is 3.63. The number of carboxylic acids is 2. The lowest BCUT2D eigenvalue weighted by atomic mass is 9.75. The van der Waals surface area contributed by atoms with E-state index in [4.69, 9.17) is 21.2 Å². The van der Waals surface area contributed by atoms with E-state index in [1.807, 2.05) is 30.3 Å². The molecule has 1 heterocycles. The van der Waals surface area contributed by atoms with Gasteiger partial charge in [-0.1, -0.05) is 60.1 Å². The lowest BCUT2D eigenvalue weighted by molar-refractivity contribution is -0.140. The summed E-state index contributed by atoms with van der Waals surface area (Å²) in [6.07, 6.45) is 2.71. The van der Waals surface area contributed by atoms with Crippen molar-refractivity contribution in [3.63, 3.8) is 0 Å². The molecule has 172 valence electrons. The van der Waals surface area contributed by atoms with Crippen LogP contribution in [0.25, 0.3) is 0 Å². The Morgan fingerprint density at radius 1 is 1.09 bits per heavy atom. The summed E-state index contributed by atoms with van der Waals surface area (Å²) in [4.78, 5) is 33.7. The molecule has 2 aromatic rings. The minimum absolute atomic E-state index is 0.122. The highest BCUT2D eigenvalue weighted by Crippen LogP contribution is 2.41. The summed E-state index contributed by atoms with van der Waals surface area (Å²) >= 11 is 6.30. The standard InChI is InChI=1S/C24H23ClN2O6/c1-15-20(23(28)29)21(17-9-5-6-10-18(17)25)22(24(30)31)19(27-15)14-32-12-11-26-33-13-16-7-3-2-4-8-16/h2-12,20-21,26H,13-14H2,1H3,(H,28,29)(H,30,31). The van der Waals surface area contributed by atoms with Crippen LogP contribution in [0.1, 0.15) is 24.0 Å². The summed E-state index contributed by atoms with van der Waals surface area (Å²) in [5, 5.41) is 20.0. The van der Waals surface area contributed by atoms with Gasteiger partial charge in [0, 0.05) is 16.7 Å². The number of hydrogen-bond acceptors (Lipinski definition) is 6. The van der Waals surface area contributed by atoms with E-state index in [1.165, 1.54) is 12.5 Å². The van der Waals surface area contributed by atoms with Crippen LogP contribution >= 0.6 is 11.6 Å². The van der Waals surface area contributed by atoms with Crippen molar-refractivity contribution >= 4 is 29.3 Å². The van der Waals surface area contributed by atoms with Crippen molar-refractivity contribution in [3.05, 3.63) is 94.5 Å². The Hall–Kier alpha value is -3.62. The maximum atomic E-state index is 12.2. The molecule has 1 aliphatic rings. The number of nitrogens with zero attached hydrogens (tertiary/aromatic N) is 1. The molecule has 9 heteroatoms. The van der Waals surface area contributed by atoms with Gasteiger partial charge >= 0.3 is 11.9 Å². The summed E-state index contributed by atoms with van der Waals surface area (Å²) < 4.78 is 5.43. The molecule has 2 atom stereocenters. The predicted molar refractivity (Wildman–Crippen MR) is 123 cm³/mol. The molecule has 2 aromatic carbocycles. The van der Waals surface area contributed by atoms with Gasteiger partial charge in [0.1, 0.15) is 18.8 Å². The van der Waals surface area contributed by atoms with Crippen molar-refractivity contribution in [3.8, 4) is 0 Å². The van der Waals surface area contributed by atoms with Gasteiger partial charge in [0.25, 0.3) is 0 Å². The van der Waals surface area contributed by atoms with Crippen LogP contribution in [0.2, 0.25) is 5.02 Å². The minimum Gasteiger partial charge on any atom is -0.493 e. The van der Waals surface area contributed by atoms with Crippen LogP contribution < -0.4 is 5.48 Å². The van der Waals surface area contributed by atoms with E-state index in [9.17, 15) is 19.8 Å². The number of halogens is 1. The third-order valence-electron chi connectivity index (χ3n) is 5.07. The van der Waals surface area contributed by atoms with Crippen LogP contribution in [0.4, 0.5) is 0 Å². The fourth-order valence-corrected chi connectivity index (χ4v) is 3.88. The van der Waals surface area contributed by atoms with Crippen LogP contribution in [0, 0.1) is 5.92 Å². The number of carboxylic acid groups (broad SMARTS) is 2. The summed E-state index contributed by atoms with van der Waals surface area (Å²) in [6, 6.07) is 16.2. The first kappa shape index (κ1) is 24.0. The second-order valence-electron chi connectivity index (χ2n) is 7.24. The Kier molecular flexibility index (Phi) is 8.23. The third-order valence-corrected chi connectivity index (χ3v) is 5.41. The summed E-state index contributed by atoms with van der Waals surface area (Å²) in [7, 11) is 0. The predicted octanol–water partition coefficient (Wildman–Crippen LogP) is 4.15. The van der Waals surface area contributed by atoms with E-state index >= 15 is 0 Å². The summed E-state index contributed by atoms with van der Waals surface area (Å²) in [5.41, 5.74) is 4.23. The van der Waals surface area contributed by atoms with Gasteiger partial charge in [-0.3, -0.25) is 20.1 Å². The number of benzene rings is 2. The Balaban J connectivity index is 1.75. The van der Waals surface area contributed by atoms with Gasteiger partial charge in [0.05, 0.1) is 24.1 Å². The molecule has 0 spiro atoms. The number of aliphatic carboxylic acids is 2. The normalized spacial score (nSPS) is 18.2. The van der Waals surface area contributed by atoms with Crippen LogP contribution in [-0.2, 0) is 25.8 Å². The molecule has 1 aliphatic heterocycles. The lowest BCUT2D eigenvalue weighted by Crippen LogP contribution is -2.35. The first-order valence-corrected chi connectivity index (χ1v) is 10.4. The summed E-state index contributed by atoms with van der Waals surface area (Å²) in [6.45, 7) is 1.72. The number of carbonyl (C=O) groups is 2. The van der Waals surface area contributed by atoms with Crippen molar-refractivity contribution in [2.75, 3.05) is 6.61 Å². The van der Waals surface area contributed by atoms with Crippen LogP contribution in [-0.4, -0.2) is 34.5 Å². The molecule has 0 saturated carbocycles. The Morgan fingerprint density at radius 2 is 1.79 bits per heavy atom. The van der Waals surface area contributed by atoms with Crippen molar-refractivity contribution < 1.29 is 29.4 Å². The quantitative estimate of drug-likeness (QED) is 0.271. The van der Waals surface area contributed by atoms with Gasteiger partial charge in [0.2, 0.25) is 0 Å². The van der Waals surface area contributed by atoms with Crippen molar-refractivity contribution in [1.82, 2.24) is 5.48 Å². The molecule has 0 saturated heterocycles. The number of nitrogens with one attached hydrogen (secondary N) is 1. The van der Waals surface area contributed by atoms with E-state index in [1.54, 1.807) is 31.2 Å². The highest BCUT2D eigenvalue weighted by molar-refractivity contribution is 6.31. The number of ether oxygens (including phenoxy) is 1. The van der Waals surface area contributed by atoms with E-state index in [0.29, 0.717) is 12.2 Å². The molecule has 0 radical (unpaired) electrons. The molecule has 0 amide bonds. The van der Waals surface area contributed by atoms with E-state index in [2.05, 4.69) is 10.5 Å². The Labute approximate surface area is 195 Å². The lowest BCUT2D eigenvalue weighted by Gasteiger charge is -2.30. The molecule has 8 nitrogen and oxygen atoms in total. The molecule has 0 aromatic heterocycles. The maximum Gasteiger partial charge on any atom is 0.334 e. The van der Waals surface area contributed by atoms with Crippen molar-refractivity contribution in [2.24, 2.45) is 10.9 Å². The maximum absolute atomic E-state index is 12.2. The largest absolute Gasteiger partial charge is 0.493 e. The van der Waals surface area contributed by atoms with Crippen LogP contribution in [0.5, 0.6) is 0 Å². The Bertz CT molecular complexity index is 1100. The molecular weight excluding hydrogens is 448 g/mol. The Morgan fingerprint density at radius 3 is 2.45 bits per heavy atom. The van der Waals surface area contributed by atoms with Gasteiger partial charge in [-0.15, -0.1) is 0 Å². The zero-order valence-electron chi connectivity index (χ0n) is 17.8. The number of aliphatic imine (C=N–C) groups is 1. The van der Waals surface area contributed by atoms with E-state index in [0.717, 1.165) is 5.56 Å². The zero-order valence-corrected chi connectivity index (χ0v) is 18.5.